The van der Waals surface area contributed by atoms with Crippen LogP contribution in [0.4, 0.5) is 0 Å². The van der Waals surface area contributed by atoms with Gasteiger partial charge in [0.1, 0.15) is 0 Å². The molecule has 0 fully saturated rings. The van der Waals surface area contributed by atoms with Gasteiger partial charge in [-0.15, -0.1) is 0 Å². The minimum atomic E-state index is -1.06. The number of hydrogen-bond acceptors (Lipinski definition) is 2. The zero-order valence-electron chi connectivity index (χ0n) is 6.44. The highest BCUT2D eigenvalue weighted by molar-refractivity contribution is 6.33. The van der Waals surface area contributed by atoms with Gasteiger partial charge in [-0.05, 0) is 12.1 Å². The molecule has 0 radical (unpaired) electrons. The van der Waals surface area contributed by atoms with Gasteiger partial charge >= 0.3 is 5.97 Å². The molecular weight excluding hydrogens is 192 g/mol. The van der Waals surface area contributed by atoms with Crippen LogP contribution in [0.25, 0.3) is 5.65 Å². The Morgan fingerprint density at radius 3 is 3.00 bits per heavy atom. The number of halogens is 1. The van der Waals surface area contributed by atoms with Crippen molar-refractivity contribution in [1.82, 2.24) is 9.38 Å². The fraction of sp³-hybridized carbons (Fsp3) is 0. The smallest absolute Gasteiger partial charge is 0.356 e. The van der Waals surface area contributed by atoms with Gasteiger partial charge in [0.15, 0.2) is 11.3 Å². The molecule has 13 heavy (non-hydrogen) atoms. The predicted molar refractivity (Wildman–Crippen MR) is 47.2 cm³/mol. The summed E-state index contributed by atoms with van der Waals surface area (Å²) in [5, 5.41) is 9.10. The first-order valence-corrected chi connectivity index (χ1v) is 3.93. The van der Waals surface area contributed by atoms with Crippen molar-refractivity contribution < 1.29 is 9.90 Å². The van der Waals surface area contributed by atoms with E-state index in [1.165, 1.54) is 6.20 Å². The molecule has 0 amide bonds. The lowest BCUT2D eigenvalue weighted by molar-refractivity contribution is 0.0691. The minimum Gasteiger partial charge on any atom is -0.476 e. The first kappa shape index (κ1) is 8.07. The Hall–Kier alpha value is -1.55. The van der Waals surface area contributed by atoms with Gasteiger partial charge in [0.05, 0.1) is 5.02 Å². The second-order valence-corrected chi connectivity index (χ2v) is 2.93. The standard InChI is InChI=1S/C8H5ClN2O2/c9-5-2-1-3-11-4-6(8(12)13)10-7(5)11/h1-4H,(H,12,13). The quantitative estimate of drug-likeness (QED) is 0.755. The molecule has 2 rings (SSSR count). The number of carbonyl (C=O) groups is 1. The van der Waals surface area contributed by atoms with Gasteiger partial charge < -0.3 is 9.51 Å². The largest absolute Gasteiger partial charge is 0.476 e. The van der Waals surface area contributed by atoms with Crippen LogP contribution in [0.3, 0.4) is 0 Å². The third-order valence-electron chi connectivity index (χ3n) is 1.65. The Bertz CT molecular complexity index is 478. The summed E-state index contributed by atoms with van der Waals surface area (Å²) < 4.78 is 1.58. The molecule has 0 spiro atoms. The molecule has 2 aromatic heterocycles. The number of aromatic nitrogens is 2. The number of imidazole rings is 1. The topological polar surface area (TPSA) is 54.6 Å². The van der Waals surface area contributed by atoms with Crippen LogP contribution in [-0.4, -0.2) is 20.5 Å². The number of hydrogen-bond donors (Lipinski definition) is 1. The SMILES string of the molecule is O=C(O)c1cn2cccc(Cl)c2n1. The number of nitrogens with zero attached hydrogens (tertiary/aromatic N) is 2. The third-order valence-corrected chi connectivity index (χ3v) is 1.95. The average Bonchev–Trinajstić information content (AvgIpc) is 2.49. The van der Waals surface area contributed by atoms with Gasteiger partial charge in [-0.1, -0.05) is 11.6 Å². The van der Waals surface area contributed by atoms with Crippen LogP contribution in [0.1, 0.15) is 10.5 Å². The number of pyridine rings is 1. The van der Waals surface area contributed by atoms with Crippen LogP contribution in [0.15, 0.2) is 24.5 Å². The second-order valence-electron chi connectivity index (χ2n) is 2.52. The molecular formula is C8H5ClN2O2. The zero-order valence-corrected chi connectivity index (χ0v) is 7.19. The van der Waals surface area contributed by atoms with Crippen LogP contribution in [-0.2, 0) is 0 Å². The Balaban J connectivity index is 2.75. The minimum absolute atomic E-state index is 0.00639. The van der Waals surface area contributed by atoms with Crippen molar-refractivity contribution in [1.29, 1.82) is 0 Å². The number of carboxylic acids is 1. The molecule has 0 unspecified atom stereocenters. The van der Waals surface area contributed by atoms with E-state index in [2.05, 4.69) is 4.98 Å². The Kier molecular flexibility index (Phi) is 1.70. The fourth-order valence-corrected chi connectivity index (χ4v) is 1.29. The van der Waals surface area contributed by atoms with Gasteiger partial charge in [-0.3, -0.25) is 0 Å². The van der Waals surface area contributed by atoms with Crippen LogP contribution in [0.5, 0.6) is 0 Å². The van der Waals surface area contributed by atoms with Crippen molar-refractivity contribution in [3.63, 3.8) is 0 Å². The maximum Gasteiger partial charge on any atom is 0.356 e. The molecule has 0 atom stereocenters. The molecule has 0 saturated heterocycles. The van der Waals surface area contributed by atoms with E-state index in [1.807, 2.05) is 0 Å². The van der Waals surface area contributed by atoms with Gasteiger partial charge in [0.25, 0.3) is 0 Å². The van der Waals surface area contributed by atoms with E-state index < -0.39 is 5.97 Å². The number of carboxylic acid groups (broad SMARTS) is 1. The summed E-state index contributed by atoms with van der Waals surface area (Å²) in [6.07, 6.45) is 3.12. The summed E-state index contributed by atoms with van der Waals surface area (Å²) in [6.45, 7) is 0. The van der Waals surface area contributed by atoms with Crippen LogP contribution in [0.2, 0.25) is 5.02 Å². The van der Waals surface area contributed by atoms with Crippen molar-refractivity contribution in [2.75, 3.05) is 0 Å². The Labute approximate surface area is 78.4 Å². The van der Waals surface area contributed by atoms with Gasteiger partial charge in [0.2, 0.25) is 0 Å². The lowest BCUT2D eigenvalue weighted by atomic mass is 10.5. The third kappa shape index (κ3) is 1.25. The molecule has 4 nitrogen and oxygen atoms in total. The second kappa shape index (κ2) is 2.74. The molecule has 1 N–H and O–H groups in total. The molecule has 0 aromatic carbocycles. The molecule has 0 aliphatic heterocycles. The number of aromatic carboxylic acids is 1. The summed E-state index contributed by atoms with van der Waals surface area (Å²) in [4.78, 5) is 14.4. The first-order chi connectivity index (χ1) is 6.18. The molecule has 0 saturated carbocycles. The maximum absolute atomic E-state index is 10.6. The van der Waals surface area contributed by atoms with Crippen molar-refractivity contribution in [3.8, 4) is 0 Å². The lowest BCUT2D eigenvalue weighted by Gasteiger charge is -1.91. The van der Waals surface area contributed by atoms with Gasteiger partial charge in [-0.25, -0.2) is 9.78 Å². The maximum atomic E-state index is 10.6. The fourth-order valence-electron chi connectivity index (χ4n) is 1.08. The van der Waals surface area contributed by atoms with E-state index >= 15 is 0 Å². The Morgan fingerprint density at radius 1 is 1.62 bits per heavy atom. The molecule has 2 heterocycles. The van der Waals surface area contributed by atoms with E-state index in [0.29, 0.717) is 10.7 Å². The average molecular weight is 197 g/mol. The van der Waals surface area contributed by atoms with E-state index in [-0.39, 0.29) is 5.69 Å². The summed E-state index contributed by atoms with van der Waals surface area (Å²) in [6, 6.07) is 3.39. The summed E-state index contributed by atoms with van der Waals surface area (Å²) >= 11 is 5.80. The highest BCUT2D eigenvalue weighted by Gasteiger charge is 2.09. The molecule has 0 aliphatic carbocycles. The molecule has 5 heteroatoms. The normalized spacial score (nSPS) is 10.5. The number of fused-ring (bicyclic) bond motifs is 1. The summed E-state index contributed by atoms with van der Waals surface area (Å²) in [5.41, 5.74) is 0.453. The number of rotatable bonds is 1. The van der Waals surface area contributed by atoms with Crippen LogP contribution >= 0.6 is 11.6 Å². The molecule has 66 valence electrons. The Morgan fingerprint density at radius 2 is 2.38 bits per heavy atom. The first-order valence-electron chi connectivity index (χ1n) is 3.55. The van der Waals surface area contributed by atoms with Gasteiger partial charge in [0, 0.05) is 12.4 Å². The van der Waals surface area contributed by atoms with Crippen molar-refractivity contribution in [3.05, 3.63) is 35.2 Å². The van der Waals surface area contributed by atoms with E-state index in [1.54, 1.807) is 22.7 Å². The predicted octanol–water partition coefficient (Wildman–Crippen LogP) is 1.69. The van der Waals surface area contributed by atoms with E-state index in [0.717, 1.165) is 0 Å². The van der Waals surface area contributed by atoms with Crippen molar-refractivity contribution in [2.45, 2.75) is 0 Å². The highest BCUT2D eigenvalue weighted by Crippen LogP contribution is 2.15. The van der Waals surface area contributed by atoms with E-state index in [4.69, 9.17) is 16.7 Å². The van der Waals surface area contributed by atoms with Gasteiger partial charge in [-0.2, -0.15) is 0 Å². The van der Waals surface area contributed by atoms with Crippen molar-refractivity contribution in [2.24, 2.45) is 0 Å². The van der Waals surface area contributed by atoms with Crippen LogP contribution < -0.4 is 0 Å². The lowest BCUT2D eigenvalue weighted by Crippen LogP contribution is -1.94. The summed E-state index contributed by atoms with van der Waals surface area (Å²) in [7, 11) is 0. The summed E-state index contributed by atoms with van der Waals surface area (Å²) in [5.74, 6) is -1.06. The molecule has 0 aliphatic rings. The molecule has 2 aromatic rings. The zero-order chi connectivity index (χ0) is 9.42. The monoisotopic (exact) mass is 196 g/mol. The van der Waals surface area contributed by atoms with E-state index in [9.17, 15) is 4.79 Å². The molecule has 0 bridgehead atoms. The highest BCUT2D eigenvalue weighted by atomic mass is 35.5. The van der Waals surface area contributed by atoms with Crippen LogP contribution in [0, 0.1) is 0 Å². The van der Waals surface area contributed by atoms with Crippen molar-refractivity contribution >= 4 is 23.2 Å².